The molecule has 0 spiro atoms. The van der Waals surface area contributed by atoms with Crippen LogP contribution in [-0.2, 0) is 11.0 Å². The van der Waals surface area contributed by atoms with Crippen molar-refractivity contribution in [1.29, 1.82) is 0 Å². The molecule has 3 heterocycles. The molecular weight excluding hydrogens is 541 g/mol. The highest BCUT2D eigenvalue weighted by Crippen LogP contribution is 2.41. The summed E-state index contributed by atoms with van der Waals surface area (Å²) in [5.41, 5.74) is 0.705. The number of fused-ring (bicyclic) bond motifs is 1. The van der Waals surface area contributed by atoms with E-state index in [1.54, 1.807) is 24.4 Å². The smallest absolute Gasteiger partial charge is 0.417 e. The fourth-order valence-corrected chi connectivity index (χ4v) is 5.31. The maximum atomic E-state index is 13.9. The van der Waals surface area contributed by atoms with Crippen molar-refractivity contribution in [2.45, 2.75) is 6.18 Å². The summed E-state index contributed by atoms with van der Waals surface area (Å²) < 4.78 is 41.6. The van der Waals surface area contributed by atoms with Gasteiger partial charge in [0.25, 0.3) is 0 Å². The molecule has 4 aromatic rings. The second-order valence-electron chi connectivity index (χ2n) is 8.68. The number of piperazine rings is 1. The minimum Gasteiger partial charge on any atom is -0.492 e. The number of benzene rings is 2. The number of nitrogens with zero attached hydrogens (tertiary/aromatic N) is 3. The van der Waals surface area contributed by atoms with Crippen molar-refractivity contribution >= 4 is 56.5 Å². The lowest BCUT2D eigenvalue weighted by Gasteiger charge is -2.26. The van der Waals surface area contributed by atoms with Gasteiger partial charge in [0.05, 0.1) is 23.8 Å². The van der Waals surface area contributed by atoms with E-state index in [1.165, 1.54) is 18.2 Å². The van der Waals surface area contributed by atoms with E-state index in [0.29, 0.717) is 47.3 Å². The molecule has 1 aliphatic rings. The number of hydrogen-bond donors (Lipinski definition) is 4. The topological polar surface area (TPSA) is 106 Å². The van der Waals surface area contributed by atoms with Gasteiger partial charge < -0.3 is 15.7 Å². The second-order valence-corrected chi connectivity index (χ2v) is 10.1. The van der Waals surface area contributed by atoms with Crippen LogP contribution in [0.3, 0.4) is 0 Å². The molecule has 0 unspecified atom stereocenters. The molecule has 1 fully saturated rings. The number of thiazole rings is 1. The highest BCUT2D eigenvalue weighted by atomic mass is 35.5. The third-order valence-corrected chi connectivity index (χ3v) is 7.32. The molecule has 2 aromatic carbocycles. The largest absolute Gasteiger partial charge is 0.492 e. The zero-order valence-corrected chi connectivity index (χ0v) is 21.3. The van der Waals surface area contributed by atoms with E-state index in [4.69, 9.17) is 11.6 Å². The molecule has 0 bridgehead atoms. The van der Waals surface area contributed by atoms with Gasteiger partial charge in [0.1, 0.15) is 4.88 Å². The summed E-state index contributed by atoms with van der Waals surface area (Å²) >= 11 is 7.00. The molecule has 198 valence electrons. The lowest BCUT2D eigenvalue weighted by Crippen LogP contribution is -2.48. The van der Waals surface area contributed by atoms with Crippen molar-refractivity contribution in [2.75, 3.05) is 38.0 Å². The Morgan fingerprint density at radius 1 is 1.26 bits per heavy atom. The predicted octanol–water partition coefficient (Wildman–Crippen LogP) is 4.83. The van der Waals surface area contributed by atoms with Gasteiger partial charge in [-0.25, -0.2) is 0 Å². The Morgan fingerprint density at radius 3 is 2.89 bits per heavy atom. The molecule has 0 saturated carbocycles. The molecule has 0 radical (unpaired) electrons. The number of aromatic hydroxyl groups is 1. The number of aromatic amines is 1. The van der Waals surface area contributed by atoms with E-state index in [2.05, 4.69) is 25.8 Å². The first-order valence-corrected chi connectivity index (χ1v) is 12.8. The van der Waals surface area contributed by atoms with Crippen molar-refractivity contribution in [3.05, 3.63) is 69.2 Å². The fourth-order valence-electron chi connectivity index (χ4n) is 4.21. The van der Waals surface area contributed by atoms with Gasteiger partial charge >= 0.3 is 6.18 Å². The van der Waals surface area contributed by atoms with Crippen LogP contribution in [0.2, 0.25) is 5.02 Å². The molecule has 1 amide bonds. The first-order chi connectivity index (χ1) is 18.2. The number of carbonyl (C=O) groups excluding carboxylic acids is 1. The number of halogens is 4. The van der Waals surface area contributed by atoms with Crippen molar-refractivity contribution in [1.82, 2.24) is 25.4 Å². The maximum Gasteiger partial charge on any atom is 0.417 e. The molecule has 0 atom stereocenters. The SMILES string of the molecule is O=C1CN(CCNc2nc(O)c(C(=Cc3ccc(Cl)cc3C(F)(F)F)c3ccc4[nH]ncc4c3)s2)CCN1. The number of rotatable bonds is 7. The van der Waals surface area contributed by atoms with Crippen LogP contribution in [0, 0.1) is 0 Å². The number of aromatic nitrogens is 3. The minimum atomic E-state index is -4.63. The molecule has 4 N–H and O–H groups in total. The van der Waals surface area contributed by atoms with E-state index >= 15 is 0 Å². The van der Waals surface area contributed by atoms with Gasteiger partial charge in [-0.1, -0.05) is 35.1 Å². The lowest BCUT2D eigenvalue weighted by atomic mass is 9.98. The number of alkyl halides is 3. The zero-order chi connectivity index (χ0) is 26.9. The standard InChI is InChI=1S/C25H22ClF3N6O2S/c26-17-3-1-15(19(11-17)25(27,28)29)10-18(14-2-4-20-16(9-14)12-32-34-20)22-23(37)33-24(38-22)31-6-8-35-7-5-30-21(36)13-35/h1-4,9-12,37H,5-8,13H2,(H,30,36)(H,31,33)(H,32,34). The summed E-state index contributed by atoms with van der Waals surface area (Å²) in [5.74, 6) is -0.342. The summed E-state index contributed by atoms with van der Waals surface area (Å²) in [7, 11) is 0. The van der Waals surface area contributed by atoms with Crippen LogP contribution >= 0.6 is 22.9 Å². The van der Waals surface area contributed by atoms with Gasteiger partial charge in [-0.2, -0.15) is 23.3 Å². The first-order valence-electron chi connectivity index (χ1n) is 11.6. The normalized spacial score (nSPS) is 15.2. The molecular formula is C25H22ClF3N6O2S. The Bertz CT molecular complexity index is 1520. The number of H-pyrrole nitrogens is 1. The van der Waals surface area contributed by atoms with Crippen molar-refractivity contribution in [3.63, 3.8) is 0 Å². The van der Waals surface area contributed by atoms with E-state index < -0.39 is 11.7 Å². The van der Waals surface area contributed by atoms with Gasteiger partial charge in [0.15, 0.2) is 5.13 Å². The van der Waals surface area contributed by atoms with Gasteiger partial charge in [-0.05, 0) is 41.5 Å². The van der Waals surface area contributed by atoms with Crippen LogP contribution in [0.5, 0.6) is 5.88 Å². The Balaban J connectivity index is 1.50. The average Bonchev–Trinajstić information content (AvgIpc) is 3.48. The van der Waals surface area contributed by atoms with E-state index in [0.717, 1.165) is 34.9 Å². The lowest BCUT2D eigenvalue weighted by molar-refractivity contribution is -0.137. The first kappa shape index (κ1) is 26.0. The molecule has 1 saturated heterocycles. The summed E-state index contributed by atoms with van der Waals surface area (Å²) in [4.78, 5) is 18.1. The van der Waals surface area contributed by atoms with Crippen LogP contribution in [0.15, 0.2) is 42.6 Å². The minimum absolute atomic E-state index is 0.0322. The number of nitrogens with one attached hydrogen (secondary N) is 3. The van der Waals surface area contributed by atoms with Crippen molar-refractivity contribution in [2.24, 2.45) is 0 Å². The highest BCUT2D eigenvalue weighted by Gasteiger charge is 2.33. The Hall–Kier alpha value is -3.61. The van der Waals surface area contributed by atoms with Crippen LogP contribution in [-0.4, -0.2) is 63.8 Å². The number of carbonyl (C=O) groups is 1. The van der Waals surface area contributed by atoms with Crippen LogP contribution < -0.4 is 10.6 Å². The molecule has 38 heavy (non-hydrogen) atoms. The van der Waals surface area contributed by atoms with Crippen LogP contribution in [0.4, 0.5) is 18.3 Å². The highest BCUT2D eigenvalue weighted by molar-refractivity contribution is 7.17. The molecule has 2 aromatic heterocycles. The summed E-state index contributed by atoms with van der Waals surface area (Å²) in [6.45, 7) is 2.68. The van der Waals surface area contributed by atoms with Gasteiger partial charge in [-0.15, -0.1) is 0 Å². The summed E-state index contributed by atoms with van der Waals surface area (Å²) in [5, 5.41) is 24.7. The molecule has 5 rings (SSSR count). The summed E-state index contributed by atoms with van der Waals surface area (Å²) in [6, 6.07) is 8.85. The molecule has 8 nitrogen and oxygen atoms in total. The van der Waals surface area contributed by atoms with Crippen LogP contribution in [0.25, 0.3) is 22.6 Å². The van der Waals surface area contributed by atoms with Crippen molar-refractivity contribution in [3.8, 4) is 5.88 Å². The zero-order valence-electron chi connectivity index (χ0n) is 19.8. The second kappa shape index (κ2) is 10.6. The number of amides is 1. The third kappa shape index (κ3) is 5.77. The van der Waals surface area contributed by atoms with Crippen molar-refractivity contribution < 1.29 is 23.1 Å². The van der Waals surface area contributed by atoms with E-state index in [1.807, 2.05) is 4.90 Å². The maximum absolute atomic E-state index is 13.9. The van der Waals surface area contributed by atoms with E-state index in [9.17, 15) is 23.1 Å². The quantitative estimate of drug-likeness (QED) is 0.240. The van der Waals surface area contributed by atoms with Gasteiger partial charge in [-0.3, -0.25) is 14.8 Å². The number of anilines is 1. The monoisotopic (exact) mass is 562 g/mol. The predicted molar refractivity (Wildman–Crippen MR) is 141 cm³/mol. The van der Waals surface area contributed by atoms with Gasteiger partial charge in [0, 0.05) is 42.2 Å². The van der Waals surface area contributed by atoms with Crippen LogP contribution in [0.1, 0.15) is 21.6 Å². The third-order valence-electron chi connectivity index (χ3n) is 6.05. The molecule has 13 heteroatoms. The molecule has 0 aliphatic carbocycles. The fraction of sp³-hybridized carbons (Fsp3) is 0.240. The number of hydrogen-bond acceptors (Lipinski definition) is 7. The summed E-state index contributed by atoms with van der Waals surface area (Å²) in [6.07, 6.45) is -1.64. The average molecular weight is 563 g/mol. The Morgan fingerprint density at radius 2 is 2.11 bits per heavy atom. The Kier molecular flexibility index (Phi) is 7.28. The molecule has 1 aliphatic heterocycles. The van der Waals surface area contributed by atoms with Gasteiger partial charge in [0.2, 0.25) is 11.8 Å². The van der Waals surface area contributed by atoms with E-state index in [-0.39, 0.29) is 22.4 Å². The Labute approximate surface area is 224 Å².